The minimum absolute atomic E-state index is 0.0275. The van der Waals surface area contributed by atoms with Gasteiger partial charge in [-0.05, 0) is 26.0 Å². The molecule has 19 heavy (non-hydrogen) atoms. The summed E-state index contributed by atoms with van der Waals surface area (Å²) in [6.07, 6.45) is -1.52. The van der Waals surface area contributed by atoms with Crippen molar-refractivity contribution in [3.05, 3.63) is 33.8 Å². The van der Waals surface area contributed by atoms with Crippen molar-refractivity contribution in [2.24, 2.45) is 0 Å². The number of amides is 1. The van der Waals surface area contributed by atoms with E-state index < -0.39 is 12.2 Å². The fourth-order valence-corrected chi connectivity index (χ4v) is 2.25. The SMILES string of the molecule is CCO[C@@H](C)C(=O)NC[C@H](O)c1c(Cl)cccc1Cl. The molecule has 1 aromatic rings. The highest BCUT2D eigenvalue weighted by molar-refractivity contribution is 6.36. The van der Waals surface area contributed by atoms with Crippen molar-refractivity contribution >= 4 is 29.1 Å². The number of carbonyl (C=O) groups is 1. The first-order valence-electron chi connectivity index (χ1n) is 5.98. The first-order valence-corrected chi connectivity index (χ1v) is 6.74. The minimum Gasteiger partial charge on any atom is -0.386 e. The van der Waals surface area contributed by atoms with Crippen LogP contribution >= 0.6 is 23.2 Å². The van der Waals surface area contributed by atoms with Gasteiger partial charge in [0.25, 0.3) is 0 Å². The molecule has 0 radical (unpaired) electrons. The van der Waals surface area contributed by atoms with Gasteiger partial charge >= 0.3 is 0 Å². The molecule has 2 atom stereocenters. The van der Waals surface area contributed by atoms with E-state index in [1.807, 2.05) is 6.92 Å². The van der Waals surface area contributed by atoms with Crippen LogP contribution in [0.3, 0.4) is 0 Å². The van der Waals surface area contributed by atoms with Crippen LogP contribution in [0.1, 0.15) is 25.5 Å². The highest BCUT2D eigenvalue weighted by atomic mass is 35.5. The summed E-state index contributed by atoms with van der Waals surface area (Å²) >= 11 is 11.9. The monoisotopic (exact) mass is 305 g/mol. The summed E-state index contributed by atoms with van der Waals surface area (Å²) in [6.45, 7) is 3.93. The Morgan fingerprint density at radius 1 is 1.42 bits per heavy atom. The summed E-state index contributed by atoms with van der Waals surface area (Å²) in [5, 5.41) is 13.3. The normalized spacial score (nSPS) is 13.9. The van der Waals surface area contributed by atoms with E-state index in [0.717, 1.165) is 0 Å². The number of aliphatic hydroxyl groups is 1. The Labute approximate surface area is 122 Å². The Bertz CT molecular complexity index is 420. The number of ether oxygens (including phenoxy) is 1. The molecule has 0 aliphatic rings. The van der Waals surface area contributed by atoms with Gasteiger partial charge in [0.05, 0.1) is 6.10 Å². The summed E-state index contributed by atoms with van der Waals surface area (Å²) in [7, 11) is 0. The summed E-state index contributed by atoms with van der Waals surface area (Å²) in [5.74, 6) is -0.288. The Morgan fingerprint density at radius 2 is 2.00 bits per heavy atom. The maximum atomic E-state index is 11.6. The topological polar surface area (TPSA) is 58.6 Å². The van der Waals surface area contributed by atoms with Crippen molar-refractivity contribution in [3.8, 4) is 0 Å². The van der Waals surface area contributed by atoms with Crippen LogP contribution in [0.5, 0.6) is 0 Å². The van der Waals surface area contributed by atoms with Crippen LogP contribution in [-0.4, -0.2) is 30.3 Å². The third kappa shape index (κ3) is 4.66. The number of nitrogens with one attached hydrogen (secondary N) is 1. The number of aliphatic hydroxyl groups excluding tert-OH is 1. The standard InChI is InChI=1S/C13H17Cl2NO3/c1-3-19-8(2)13(18)16-7-11(17)12-9(14)5-4-6-10(12)15/h4-6,8,11,17H,3,7H2,1-2H3,(H,16,18)/t8-,11-/m0/s1. The third-order valence-corrected chi connectivity index (χ3v) is 3.25. The lowest BCUT2D eigenvalue weighted by atomic mass is 10.1. The maximum absolute atomic E-state index is 11.6. The van der Waals surface area contributed by atoms with E-state index in [9.17, 15) is 9.90 Å². The summed E-state index contributed by atoms with van der Waals surface area (Å²) in [5.41, 5.74) is 0.412. The van der Waals surface area contributed by atoms with Crippen molar-refractivity contribution in [1.82, 2.24) is 5.32 Å². The lowest BCUT2D eigenvalue weighted by Crippen LogP contribution is -2.37. The van der Waals surface area contributed by atoms with E-state index >= 15 is 0 Å². The van der Waals surface area contributed by atoms with Crippen LogP contribution in [0.15, 0.2) is 18.2 Å². The Morgan fingerprint density at radius 3 is 2.53 bits per heavy atom. The number of carbonyl (C=O) groups excluding carboxylic acids is 1. The van der Waals surface area contributed by atoms with E-state index in [4.69, 9.17) is 27.9 Å². The molecule has 1 rings (SSSR count). The third-order valence-electron chi connectivity index (χ3n) is 2.59. The maximum Gasteiger partial charge on any atom is 0.248 e. The summed E-state index contributed by atoms with van der Waals surface area (Å²) < 4.78 is 5.14. The molecule has 106 valence electrons. The molecule has 0 heterocycles. The lowest BCUT2D eigenvalue weighted by molar-refractivity contribution is -0.131. The van der Waals surface area contributed by atoms with Gasteiger partial charge in [-0.2, -0.15) is 0 Å². The molecule has 0 saturated carbocycles. The minimum atomic E-state index is -0.959. The zero-order valence-corrected chi connectivity index (χ0v) is 12.3. The Balaban J connectivity index is 2.61. The highest BCUT2D eigenvalue weighted by Crippen LogP contribution is 2.29. The van der Waals surface area contributed by atoms with E-state index in [-0.39, 0.29) is 12.5 Å². The molecule has 4 nitrogen and oxygen atoms in total. The number of hydrogen-bond donors (Lipinski definition) is 2. The van der Waals surface area contributed by atoms with Crippen LogP contribution in [-0.2, 0) is 9.53 Å². The smallest absolute Gasteiger partial charge is 0.248 e. The van der Waals surface area contributed by atoms with Crippen molar-refractivity contribution in [1.29, 1.82) is 0 Å². The fraction of sp³-hybridized carbons (Fsp3) is 0.462. The van der Waals surface area contributed by atoms with Crippen LogP contribution in [0.2, 0.25) is 10.0 Å². The zero-order chi connectivity index (χ0) is 14.4. The predicted molar refractivity (Wildman–Crippen MR) is 75.5 cm³/mol. The van der Waals surface area contributed by atoms with Gasteiger partial charge in [0.2, 0.25) is 5.91 Å². The molecule has 0 fully saturated rings. The lowest BCUT2D eigenvalue weighted by Gasteiger charge is -2.17. The molecule has 2 N–H and O–H groups in total. The number of halogens is 2. The van der Waals surface area contributed by atoms with E-state index in [0.29, 0.717) is 22.2 Å². The average Bonchev–Trinajstić information content (AvgIpc) is 2.36. The molecule has 0 saturated heterocycles. The van der Waals surface area contributed by atoms with Gasteiger partial charge in [-0.3, -0.25) is 4.79 Å². The largest absolute Gasteiger partial charge is 0.386 e. The van der Waals surface area contributed by atoms with Gasteiger partial charge in [-0.1, -0.05) is 29.3 Å². The molecule has 1 aromatic carbocycles. The van der Waals surface area contributed by atoms with Crippen LogP contribution in [0.4, 0.5) is 0 Å². The number of rotatable bonds is 6. The molecule has 0 aromatic heterocycles. The predicted octanol–water partition coefficient (Wildman–Crippen LogP) is 2.57. The molecular weight excluding hydrogens is 289 g/mol. The average molecular weight is 306 g/mol. The van der Waals surface area contributed by atoms with Gasteiger partial charge in [0.1, 0.15) is 6.10 Å². The fourth-order valence-electron chi connectivity index (χ4n) is 1.60. The molecule has 1 amide bonds. The van der Waals surface area contributed by atoms with Crippen LogP contribution in [0, 0.1) is 0 Å². The molecule has 0 spiro atoms. The van der Waals surface area contributed by atoms with E-state index in [1.54, 1.807) is 25.1 Å². The summed E-state index contributed by atoms with van der Waals surface area (Å²) in [4.78, 5) is 11.6. The van der Waals surface area contributed by atoms with Gasteiger partial charge in [-0.25, -0.2) is 0 Å². The molecule has 0 aliphatic carbocycles. The van der Waals surface area contributed by atoms with Crippen LogP contribution < -0.4 is 5.32 Å². The van der Waals surface area contributed by atoms with Gasteiger partial charge in [-0.15, -0.1) is 0 Å². The Hall–Kier alpha value is -0.810. The van der Waals surface area contributed by atoms with E-state index in [2.05, 4.69) is 5.32 Å². The van der Waals surface area contributed by atoms with Gasteiger partial charge in [0, 0.05) is 28.8 Å². The van der Waals surface area contributed by atoms with Crippen molar-refractivity contribution in [2.45, 2.75) is 26.1 Å². The molecule has 0 aliphatic heterocycles. The second kappa shape index (κ2) is 7.70. The first kappa shape index (κ1) is 16.2. The second-order valence-corrected chi connectivity index (χ2v) is 4.81. The van der Waals surface area contributed by atoms with E-state index in [1.165, 1.54) is 0 Å². The van der Waals surface area contributed by atoms with Crippen molar-refractivity contribution in [3.63, 3.8) is 0 Å². The second-order valence-electron chi connectivity index (χ2n) is 3.99. The Kier molecular flexibility index (Phi) is 6.58. The van der Waals surface area contributed by atoms with Gasteiger partial charge < -0.3 is 15.2 Å². The molecular formula is C13H17Cl2NO3. The molecule has 0 unspecified atom stereocenters. The number of hydrogen-bond acceptors (Lipinski definition) is 3. The highest BCUT2D eigenvalue weighted by Gasteiger charge is 2.18. The van der Waals surface area contributed by atoms with Crippen LogP contribution in [0.25, 0.3) is 0 Å². The molecule has 6 heteroatoms. The van der Waals surface area contributed by atoms with Gasteiger partial charge in [0.15, 0.2) is 0 Å². The quantitative estimate of drug-likeness (QED) is 0.849. The zero-order valence-electron chi connectivity index (χ0n) is 10.8. The molecule has 0 bridgehead atoms. The summed E-state index contributed by atoms with van der Waals surface area (Å²) in [6, 6.07) is 4.96. The van der Waals surface area contributed by atoms with Crippen molar-refractivity contribution < 1.29 is 14.6 Å². The van der Waals surface area contributed by atoms with Crippen molar-refractivity contribution in [2.75, 3.05) is 13.2 Å². The number of benzene rings is 1. The first-order chi connectivity index (χ1) is 8.97.